The van der Waals surface area contributed by atoms with Crippen LogP contribution in [0.3, 0.4) is 0 Å². The molecule has 190 valence electrons. The third-order valence-corrected chi connectivity index (χ3v) is 8.09. The van der Waals surface area contributed by atoms with Crippen LogP contribution in [0.25, 0.3) is 0 Å². The second kappa shape index (κ2) is 19.5. The fourth-order valence-corrected chi connectivity index (χ4v) is 5.55. The summed E-state index contributed by atoms with van der Waals surface area (Å²) in [4.78, 5) is 28.9. The molecule has 1 aliphatic rings. The van der Waals surface area contributed by atoms with Crippen molar-refractivity contribution in [1.82, 2.24) is 0 Å². The molecule has 0 amide bonds. The van der Waals surface area contributed by atoms with Crippen LogP contribution in [0.2, 0.25) is 0 Å². The first-order valence-corrected chi connectivity index (χ1v) is 16.1. The Morgan fingerprint density at radius 1 is 0.812 bits per heavy atom. The number of rotatable bonds is 18. The molecule has 1 aliphatic heterocycles. The third-order valence-electron chi connectivity index (χ3n) is 4.22. The van der Waals surface area contributed by atoms with E-state index in [0.717, 1.165) is 51.4 Å². The maximum atomic E-state index is 11.7. The molecule has 1 heterocycles. The Bertz CT molecular complexity index is 568. The van der Waals surface area contributed by atoms with E-state index in [1.807, 2.05) is 0 Å². The van der Waals surface area contributed by atoms with Crippen molar-refractivity contribution in [2.45, 2.75) is 90.9 Å². The fraction of sp³-hybridized carbons (Fsp3) is 0.944. The zero-order chi connectivity index (χ0) is 24.3. The predicted octanol–water partition coefficient (Wildman–Crippen LogP) is 5.31. The van der Waals surface area contributed by atoms with E-state index in [4.69, 9.17) is 9.05 Å². The quantitative estimate of drug-likeness (QED) is 0.132. The minimum absolute atomic E-state index is 0.0112. The van der Waals surface area contributed by atoms with Crippen molar-refractivity contribution in [2.24, 2.45) is 0 Å². The predicted molar refractivity (Wildman–Crippen MR) is 112 cm³/mol. The molecule has 2 unspecified atom stereocenters. The van der Waals surface area contributed by atoms with Gasteiger partial charge in [0.1, 0.15) is 0 Å². The summed E-state index contributed by atoms with van der Waals surface area (Å²) >= 11 is -2.93. The van der Waals surface area contributed by atoms with Crippen LogP contribution in [-0.4, -0.2) is 35.6 Å². The molecule has 0 spiro atoms. The first-order chi connectivity index (χ1) is 15.1. The average Bonchev–Trinajstić information content (AvgIpc) is 3.08. The van der Waals surface area contributed by atoms with Gasteiger partial charge in [-0.1, -0.05) is 78.1 Å². The van der Waals surface area contributed by atoms with Gasteiger partial charge in [0.2, 0.25) is 0 Å². The molecule has 14 heteroatoms. The summed E-state index contributed by atoms with van der Waals surface area (Å²) in [6.45, 7) is 4.15. The van der Waals surface area contributed by atoms with E-state index >= 15 is 0 Å². The molecule has 1 saturated heterocycles. The van der Waals surface area contributed by atoms with Gasteiger partial charge in [0.05, 0.1) is 13.2 Å². The van der Waals surface area contributed by atoms with Crippen LogP contribution in [0.5, 0.6) is 0 Å². The summed E-state index contributed by atoms with van der Waals surface area (Å²) in [5.74, 6) is -0.509. The summed E-state index contributed by atoms with van der Waals surface area (Å²) < 4.78 is 55.5. The Hall–Kier alpha value is 0.204. The molecule has 0 aromatic carbocycles. The van der Waals surface area contributed by atoms with Crippen LogP contribution in [0, 0.1) is 0 Å². The molecule has 0 radical (unpaired) electrons. The maximum absolute atomic E-state index is 11.7. The number of carbonyl (C=O) groups is 1. The van der Waals surface area contributed by atoms with Crippen molar-refractivity contribution in [1.29, 1.82) is 0 Å². The zero-order valence-corrected chi connectivity index (χ0v) is 22.4. The van der Waals surface area contributed by atoms with E-state index in [-0.39, 0.29) is 19.8 Å². The summed E-state index contributed by atoms with van der Waals surface area (Å²) in [5, 5.41) is 0. The van der Waals surface area contributed by atoms with E-state index in [9.17, 15) is 27.0 Å². The molecular weight excluding hydrogens is 502 g/mol. The second-order valence-corrected chi connectivity index (χ2v) is 11.8. The van der Waals surface area contributed by atoms with Crippen molar-refractivity contribution in [3.05, 3.63) is 0 Å². The number of hydrogen-bond donors (Lipinski definition) is 2. The first kappa shape index (κ1) is 32.2. The molecule has 0 saturated carbocycles. The van der Waals surface area contributed by atoms with Gasteiger partial charge in [-0.05, 0) is 12.8 Å². The Balaban J connectivity index is 0.00000115. The molecule has 32 heavy (non-hydrogen) atoms. The number of carbonyl (C=O) groups excluding carboxylic acids is 1. The Kier molecular flexibility index (Phi) is 19.6. The van der Waals surface area contributed by atoms with Crippen molar-refractivity contribution < 1.29 is 65.6 Å². The van der Waals surface area contributed by atoms with E-state index in [2.05, 4.69) is 24.8 Å². The van der Waals surface area contributed by atoms with Crippen LogP contribution < -0.4 is 0 Å². The van der Waals surface area contributed by atoms with Crippen molar-refractivity contribution in [3.63, 3.8) is 0 Å². The minimum atomic E-state index is -4.58. The summed E-state index contributed by atoms with van der Waals surface area (Å²) in [7, 11) is -9.17. The Morgan fingerprint density at radius 3 is 1.53 bits per heavy atom. The fourth-order valence-electron chi connectivity index (χ4n) is 2.57. The molecule has 11 nitrogen and oxygen atoms in total. The monoisotopic (exact) mass is 540 g/mol. The Morgan fingerprint density at radius 2 is 1.22 bits per heavy atom. The number of hydrogen-bond acceptors (Lipinski definition) is 9. The van der Waals surface area contributed by atoms with E-state index in [0.29, 0.717) is 12.8 Å². The molecule has 0 aromatic heterocycles. The van der Waals surface area contributed by atoms with Crippen LogP contribution in [0.4, 0.5) is 0 Å². The van der Waals surface area contributed by atoms with Crippen molar-refractivity contribution in [2.75, 3.05) is 19.8 Å². The summed E-state index contributed by atoms with van der Waals surface area (Å²) in [6.07, 6.45) is 11.9. The summed E-state index contributed by atoms with van der Waals surface area (Å²) in [5.41, 5.74) is 0. The molecule has 0 bridgehead atoms. The second-order valence-electron chi connectivity index (χ2n) is 7.23. The molecule has 1 rings (SSSR count). The average molecular weight is 540 g/mol. The number of phosphoric ester groups is 2. The zero-order valence-electron chi connectivity index (χ0n) is 19.1. The van der Waals surface area contributed by atoms with Gasteiger partial charge in [0.15, 0.2) is 0 Å². The Labute approximate surface area is 197 Å². The van der Waals surface area contributed by atoms with Gasteiger partial charge in [-0.15, -0.1) is 0 Å². The van der Waals surface area contributed by atoms with Crippen LogP contribution in [0.1, 0.15) is 90.9 Å². The third kappa shape index (κ3) is 20.8. The van der Waals surface area contributed by atoms with E-state index in [1.165, 1.54) is 12.8 Å². The number of phosphoric acid groups is 2. The number of unbranched alkanes of at least 4 members (excludes halogenated alkanes) is 10. The van der Waals surface area contributed by atoms with Gasteiger partial charge in [-0.25, -0.2) is 9.13 Å². The standard InChI is InChI=1S/C16H36O7P2.C2H3O3.O.Ti/c1-3-5-7-9-11-13-15-21-24(17,18)23-25(19,20)22-16-14-12-10-8-6-4-2;3-1-2(4)5;;/h3-16H2,1-2H3,(H,17,18)(H,19,20);1H2,(H,4,5);;/q;-1;;+2/p-1. The molecule has 2 N–H and O–H groups in total. The van der Waals surface area contributed by atoms with Gasteiger partial charge in [0, 0.05) is 0 Å². The molecule has 2 atom stereocenters. The van der Waals surface area contributed by atoms with Gasteiger partial charge in [0.25, 0.3) is 0 Å². The van der Waals surface area contributed by atoms with Crippen molar-refractivity contribution >= 4 is 21.6 Å². The normalized spacial score (nSPS) is 17.2. The molecule has 0 aliphatic carbocycles. The summed E-state index contributed by atoms with van der Waals surface area (Å²) in [6, 6.07) is 0. The van der Waals surface area contributed by atoms with Crippen molar-refractivity contribution in [3.8, 4) is 0 Å². The van der Waals surface area contributed by atoms with Gasteiger partial charge < -0.3 is 9.79 Å². The SMILES string of the molecule is CCCCCCCCOP(=O)(O)OP(=O)(O)OCCCCCCCC.O=C1C[O][Ti](=[O])[O]1. The molecule has 0 aromatic rings. The van der Waals surface area contributed by atoms with Gasteiger partial charge in [-0.2, -0.15) is 4.31 Å². The van der Waals surface area contributed by atoms with Crippen LogP contribution in [0.15, 0.2) is 0 Å². The van der Waals surface area contributed by atoms with Crippen LogP contribution >= 0.6 is 15.6 Å². The van der Waals surface area contributed by atoms with Crippen LogP contribution in [-0.2, 0) is 55.9 Å². The molecular formula is C18H38O11P2Ti. The van der Waals surface area contributed by atoms with Gasteiger partial charge in [-0.3, -0.25) is 9.05 Å². The van der Waals surface area contributed by atoms with E-state index in [1.54, 1.807) is 0 Å². The topological polar surface area (TPSA) is 155 Å². The molecule has 1 fully saturated rings. The van der Waals surface area contributed by atoms with E-state index < -0.39 is 40.2 Å². The van der Waals surface area contributed by atoms with Gasteiger partial charge >= 0.3 is 61.6 Å². The first-order valence-electron chi connectivity index (χ1n) is 11.1.